The third kappa shape index (κ3) is 4.49. The van der Waals surface area contributed by atoms with E-state index in [0.29, 0.717) is 0 Å². The lowest BCUT2D eigenvalue weighted by atomic mass is 9.88. The molecule has 0 bridgehead atoms. The standard InChI is InChI=1S/C34H24BrI/c35-33-27(19-23-11-3-1-4-12-23)21-25-15-7-9-17-29(25)31(33)32-30-18-10-8-16-26(30)22-28(34(32)36)20-24-13-5-2-6-14-24/h1-18,21-22H,19-20H2. The highest BCUT2D eigenvalue weighted by atomic mass is 127. The number of hydrogen-bond acceptors (Lipinski definition) is 0. The van der Waals surface area contributed by atoms with Crippen LogP contribution in [0.4, 0.5) is 0 Å². The van der Waals surface area contributed by atoms with Crippen molar-refractivity contribution in [3.8, 4) is 11.1 Å². The molecule has 0 saturated heterocycles. The molecule has 0 fully saturated rings. The van der Waals surface area contributed by atoms with Gasteiger partial charge in [0.25, 0.3) is 0 Å². The van der Waals surface area contributed by atoms with E-state index in [1.54, 1.807) is 0 Å². The molecule has 6 aromatic rings. The second-order valence-electron chi connectivity index (χ2n) is 9.22. The van der Waals surface area contributed by atoms with Gasteiger partial charge in [0.15, 0.2) is 0 Å². The molecule has 0 N–H and O–H groups in total. The second kappa shape index (κ2) is 10.2. The summed E-state index contributed by atoms with van der Waals surface area (Å²) in [5.41, 5.74) is 7.92. The van der Waals surface area contributed by atoms with Crippen molar-refractivity contribution in [2.45, 2.75) is 12.8 Å². The van der Waals surface area contributed by atoms with Crippen LogP contribution in [0.5, 0.6) is 0 Å². The van der Waals surface area contributed by atoms with Gasteiger partial charge in [-0.15, -0.1) is 0 Å². The van der Waals surface area contributed by atoms with Crippen molar-refractivity contribution in [3.05, 3.63) is 152 Å². The Balaban J connectivity index is 1.64. The first-order chi connectivity index (χ1) is 17.7. The van der Waals surface area contributed by atoms with Crippen LogP contribution in [-0.2, 0) is 12.8 Å². The normalized spacial score (nSPS) is 11.3. The number of benzene rings is 6. The molecule has 0 aromatic heterocycles. The lowest BCUT2D eigenvalue weighted by Crippen LogP contribution is -1.99. The van der Waals surface area contributed by atoms with Gasteiger partial charge in [-0.3, -0.25) is 0 Å². The highest BCUT2D eigenvalue weighted by molar-refractivity contribution is 14.1. The molecule has 6 rings (SSSR count). The summed E-state index contributed by atoms with van der Waals surface area (Å²) >= 11 is 6.69. The molecule has 0 radical (unpaired) electrons. The summed E-state index contributed by atoms with van der Waals surface area (Å²) < 4.78 is 2.50. The molecule has 0 unspecified atom stereocenters. The molecular formula is C34H24BrI. The first kappa shape index (κ1) is 23.4. The van der Waals surface area contributed by atoms with E-state index in [4.69, 9.17) is 0 Å². The summed E-state index contributed by atoms with van der Waals surface area (Å²) in [4.78, 5) is 0. The molecule has 0 aliphatic rings. The molecule has 6 aromatic carbocycles. The zero-order chi connectivity index (χ0) is 24.5. The van der Waals surface area contributed by atoms with Crippen molar-refractivity contribution >= 4 is 60.1 Å². The fourth-order valence-electron chi connectivity index (χ4n) is 5.14. The Labute approximate surface area is 234 Å². The van der Waals surface area contributed by atoms with Gasteiger partial charge in [-0.2, -0.15) is 0 Å². The van der Waals surface area contributed by atoms with Crippen molar-refractivity contribution < 1.29 is 0 Å². The van der Waals surface area contributed by atoms with Crippen LogP contribution in [0.15, 0.2) is 126 Å². The van der Waals surface area contributed by atoms with Gasteiger partial charge in [-0.25, -0.2) is 0 Å². The maximum Gasteiger partial charge on any atom is 0.0296 e. The Morgan fingerprint density at radius 2 is 0.944 bits per heavy atom. The first-order valence-electron chi connectivity index (χ1n) is 12.2. The van der Waals surface area contributed by atoms with Gasteiger partial charge in [0.05, 0.1) is 0 Å². The van der Waals surface area contributed by atoms with E-state index in [1.807, 2.05) is 0 Å². The highest BCUT2D eigenvalue weighted by Crippen LogP contribution is 2.45. The van der Waals surface area contributed by atoms with E-state index in [-0.39, 0.29) is 0 Å². The highest BCUT2D eigenvalue weighted by Gasteiger charge is 2.20. The monoisotopic (exact) mass is 638 g/mol. The maximum absolute atomic E-state index is 4.10. The number of halogens is 2. The Kier molecular flexibility index (Phi) is 6.64. The molecule has 0 spiro atoms. The Bertz CT molecular complexity index is 1560. The molecule has 0 nitrogen and oxygen atoms in total. The predicted octanol–water partition coefficient (Wildman–Crippen LogP) is 10.2. The minimum atomic E-state index is 0.886. The summed E-state index contributed by atoms with van der Waals surface area (Å²) in [6, 6.07) is 43.8. The van der Waals surface area contributed by atoms with Gasteiger partial charge in [-0.05, 0) is 107 Å². The third-order valence-corrected chi connectivity index (χ3v) is 8.99. The van der Waals surface area contributed by atoms with Gasteiger partial charge in [0.1, 0.15) is 0 Å². The van der Waals surface area contributed by atoms with E-state index >= 15 is 0 Å². The molecule has 0 aliphatic carbocycles. The van der Waals surface area contributed by atoms with Crippen LogP contribution in [0, 0.1) is 3.57 Å². The molecule has 0 atom stereocenters. The van der Waals surface area contributed by atoms with Crippen LogP contribution >= 0.6 is 38.5 Å². The zero-order valence-corrected chi connectivity index (χ0v) is 23.5. The Morgan fingerprint density at radius 3 is 1.53 bits per heavy atom. The summed E-state index contributed by atoms with van der Waals surface area (Å²) in [6.45, 7) is 0. The minimum absolute atomic E-state index is 0.886. The number of fused-ring (bicyclic) bond motifs is 2. The molecule has 2 heteroatoms. The van der Waals surface area contributed by atoms with Crippen LogP contribution in [0.1, 0.15) is 22.3 Å². The van der Waals surface area contributed by atoms with E-state index in [1.165, 1.54) is 63.0 Å². The summed E-state index contributed by atoms with van der Waals surface area (Å²) in [7, 11) is 0. The van der Waals surface area contributed by atoms with Gasteiger partial charge < -0.3 is 0 Å². The largest absolute Gasteiger partial charge is 0.0622 e. The summed E-state index contributed by atoms with van der Waals surface area (Å²) in [6.07, 6.45) is 1.80. The lowest BCUT2D eigenvalue weighted by Gasteiger charge is -2.20. The van der Waals surface area contributed by atoms with E-state index in [9.17, 15) is 0 Å². The summed E-state index contributed by atoms with van der Waals surface area (Å²) in [5.74, 6) is 0. The third-order valence-electron chi connectivity index (χ3n) is 6.85. The molecule has 174 valence electrons. The fourth-order valence-corrected chi connectivity index (χ4v) is 6.71. The van der Waals surface area contributed by atoms with E-state index < -0.39 is 0 Å². The van der Waals surface area contributed by atoms with Crippen LogP contribution in [0.2, 0.25) is 0 Å². The smallest absolute Gasteiger partial charge is 0.0296 e. The SMILES string of the molecule is Brc1c(Cc2ccccc2)cc2ccccc2c1-c1c(I)c(Cc2ccccc2)cc2ccccc12. The quantitative estimate of drug-likeness (QED) is 0.165. The van der Waals surface area contributed by atoms with Gasteiger partial charge >= 0.3 is 0 Å². The Morgan fingerprint density at radius 1 is 0.500 bits per heavy atom. The average molecular weight is 639 g/mol. The first-order valence-corrected chi connectivity index (χ1v) is 14.0. The van der Waals surface area contributed by atoms with Crippen molar-refractivity contribution in [1.29, 1.82) is 0 Å². The number of rotatable bonds is 5. The summed E-state index contributed by atoms with van der Waals surface area (Å²) in [5, 5.41) is 5.13. The molecular weight excluding hydrogens is 615 g/mol. The van der Waals surface area contributed by atoms with Crippen LogP contribution in [0.25, 0.3) is 32.7 Å². The zero-order valence-electron chi connectivity index (χ0n) is 19.7. The lowest BCUT2D eigenvalue weighted by molar-refractivity contribution is 1.18. The molecule has 0 heterocycles. The molecule has 36 heavy (non-hydrogen) atoms. The molecule has 0 aliphatic heterocycles. The van der Waals surface area contributed by atoms with Gasteiger partial charge in [-0.1, -0.05) is 109 Å². The number of hydrogen-bond donors (Lipinski definition) is 0. The van der Waals surface area contributed by atoms with E-state index in [0.717, 1.165) is 12.8 Å². The van der Waals surface area contributed by atoms with Crippen molar-refractivity contribution in [2.75, 3.05) is 0 Å². The van der Waals surface area contributed by atoms with Crippen molar-refractivity contribution in [1.82, 2.24) is 0 Å². The molecule has 0 amide bonds. The van der Waals surface area contributed by atoms with E-state index in [2.05, 4.69) is 160 Å². The van der Waals surface area contributed by atoms with Crippen molar-refractivity contribution in [2.24, 2.45) is 0 Å². The van der Waals surface area contributed by atoms with Crippen LogP contribution in [-0.4, -0.2) is 0 Å². The van der Waals surface area contributed by atoms with Crippen LogP contribution < -0.4 is 0 Å². The fraction of sp³-hybridized carbons (Fsp3) is 0.0588. The predicted molar refractivity (Wildman–Crippen MR) is 166 cm³/mol. The topological polar surface area (TPSA) is 0 Å². The second-order valence-corrected chi connectivity index (χ2v) is 11.1. The minimum Gasteiger partial charge on any atom is -0.0622 e. The average Bonchev–Trinajstić information content (AvgIpc) is 2.92. The van der Waals surface area contributed by atoms with Crippen molar-refractivity contribution in [3.63, 3.8) is 0 Å². The van der Waals surface area contributed by atoms with Gasteiger partial charge in [0.2, 0.25) is 0 Å². The maximum atomic E-state index is 4.10. The van der Waals surface area contributed by atoms with Gasteiger partial charge in [0, 0.05) is 19.2 Å². The Hall–Kier alpha value is -2.95. The molecule has 0 saturated carbocycles. The van der Waals surface area contributed by atoms with Crippen LogP contribution in [0.3, 0.4) is 0 Å².